The molecule has 0 aliphatic carbocycles. The number of carbonyl (C=O) groups excluding carboxylic acids is 1. The van der Waals surface area contributed by atoms with Gasteiger partial charge in [-0.25, -0.2) is 4.79 Å². The van der Waals surface area contributed by atoms with Crippen LogP contribution in [0.1, 0.15) is 6.92 Å². The number of carbonyl (C=O) groups is 1. The molecule has 0 saturated carbocycles. The summed E-state index contributed by atoms with van der Waals surface area (Å²) < 4.78 is 15.7. The first kappa shape index (κ1) is 18.4. The fourth-order valence-electron chi connectivity index (χ4n) is 2.54. The van der Waals surface area contributed by atoms with Gasteiger partial charge >= 0.3 is 6.09 Å². The number of aliphatic hydroxyl groups is 1. The maximum absolute atomic E-state index is 11.6. The van der Waals surface area contributed by atoms with Gasteiger partial charge in [-0.1, -0.05) is 0 Å². The lowest BCUT2D eigenvalue weighted by Crippen LogP contribution is -2.51. The lowest BCUT2D eigenvalue weighted by Gasteiger charge is -2.34. The lowest BCUT2D eigenvalue weighted by atomic mass is 10.2. The van der Waals surface area contributed by atoms with Gasteiger partial charge in [0.05, 0.1) is 13.7 Å². The normalized spacial score (nSPS) is 16.5. The van der Waals surface area contributed by atoms with Gasteiger partial charge in [0.2, 0.25) is 0 Å². The van der Waals surface area contributed by atoms with Crippen molar-refractivity contribution in [2.24, 2.45) is 0 Å². The van der Waals surface area contributed by atoms with Crippen LogP contribution in [0, 0.1) is 0 Å². The number of piperazine rings is 1. The number of hydrogen-bond acceptors (Lipinski definition) is 6. The van der Waals surface area contributed by atoms with Crippen molar-refractivity contribution in [3.8, 4) is 11.5 Å². The summed E-state index contributed by atoms with van der Waals surface area (Å²) in [4.78, 5) is 15.5. The quantitative estimate of drug-likeness (QED) is 0.806. The Morgan fingerprint density at radius 3 is 2.38 bits per heavy atom. The summed E-state index contributed by atoms with van der Waals surface area (Å²) in [6.45, 7) is 5.61. The third kappa shape index (κ3) is 5.58. The molecule has 2 rings (SSSR count). The average molecular weight is 338 g/mol. The molecule has 1 amide bonds. The molecule has 7 heteroatoms. The second kappa shape index (κ2) is 9.34. The van der Waals surface area contributed by atoms with Gasteiger partial charge in [-0.2, -0.15) is 0 Å². The van der Waals surface area contributed by atoms with Crippen LogP contribution < -0.4 is 9.47 Å². The van der Waals surface area contributed by atoms with Crippen molar-refractivity contribution in [1.29, 1.82) is 0 Å². The molecule has 1 atom stereocenters. The predicted molar refractivity (Wildman–Crippen MR) is 89.5 cm³/mol. The molecule has 1 saturated heterocycles. The summed E-state index contributed by atoms with van der Waals surface area (Å²) >= 11 is 0. The maximum atomic E-state index is 11.6. The third-order valence-electron chi connectivity index (χ3n) is 3.87. The van der Waals surface area contributed by atoms with E-state index in [9.17, 15) is 9.90 Å². The van der Waals surface area contributed by atoms with Crippen LogP contribution in [-0.4, -0.2) is 80.2 Å². The van der Waals surface area contributed by atoms with E-state index in [1.807, 2.05) is 24.3 Å². The average Bonchev–Trinajstić information content (AvgIpc) is 2.61. The Morgan fingerprint density at radius 1 is 1.17 bits per heavy atom. The summed E-state index contributed by atoms with van der Waals surface area (Å²) in [7, 11) is 1.61. The second-order valence-electron chi connectivity index (χ2n) is 5.63. The SMILES string of the molecule is CCOC(=O)N1CCN(C[C@@H](O)COc2ccc(OC)cc2)CC1. The van der Waals surface area contributed by atoms with Gasteiger partial charge < -0.3 is 24.2 Å². The van der Waals surface area contributed by atoms with Crippen molar-refractivity contribution in [3.05, 3.63) is 24.3 Å². The highest BCUT2D eigenvalue weighted by Gasteiger charge is 2.23. The molecule has 1 N–H and O–H groups in total. The summed E-state index contributed by atoms with van der Waals surface area (Å²) in [5, 5.41) is 10.1. The number of amides is 1. The molecule has 0 bridgehead atoms. The number of ether oxygens (including phenoxy) is 3. The molecule has 0 spiro atoms. The molecular formula is C17H26N2O5. The highest BCUT2D eigenvalue weighted by atomic mass is 16.6. The minimum absolute atomic E-state index is 0.227. The first-order valence-electron chi connectivity index (χ1n) is 8.21. The number of hydrogen-bond donors (Lipinski definition) is 1. The second-order valence-corrected chi connectivity index (χ2v) is 5.63. The molecule has 1 aliphatic heterocycles. The number of methoxy groups -OCH3 is 1. The molecule has 0 aromatic heterocycles. The minimum atomic E-state index is -0.582. The van der Waals surface area contributed by atoms with Crippen LogP contribution in [0.4, 0.5) is 4.79 Å². The van der Waals surface area contributed by atoms with Crippen molar-refractivity contribution >= 4 is 6.09 Å². The molecule has 1 aliphatic rings. The van der Waals surface area contributed by atoms with Crippen molar-refractivity contribution < 1.29 is 24.1 Å². The van der Waals surface area contributed by atoms with Crippen molar-refractivity contribution in [2.75, 3.05) is 53.0 Å². The lowest BCUT2D eigenvalue weighted by molar-refractivity contribution is 0.0407. The number of nitrogens with zero attached hydrogens (tertiary/aromatic N) is 2. The van der Waals surface area contributed by atoms with E-state index < -0.39 is 6.10 Å². The molecule has 1 heterocycles. The van der Waals surface area contributed by atoms with Gasteiger partial charge in [0, 0.05) is 32.7 Å². The van der Waals surface area contributed by atoms with E-state index in [4.69, 9.17) is 14.2 Å². The van der Waals surface area contributed by atoms with Gasteiger partial charge in [-0.15, -0.1) is 0 Å². The molecule has 1 fully saturated rings. The molecule has 1 aromatic rings. The number of rotatable bonds is 7. The van der Waals surface area contributed by atoms with Crippen LogP contribution in [0.25, 0.3) is 0 Å². The number of benzene rings is 1. The van der Waals surface area contributed by atoms with Crippen LogP contribution in [0.15, 0.2) is 24.3 Å². The smallest absolute Gasteiger partial charge is 0.409 e. The molecule has 134 valence electrons. The Balaban J connectivity index is 1.67. The van der Waals surface area contributed by atoms with E-state index in [0.29, 0.717) is 32.0 Å². The first-order chi connectivity index (χ1) is 11.6. The molecule has 24 heavy (non-hydrogen) atoms. The van der Waals surface area contributed by atoms with Gasteiger partial charge in [-0.05, 0) is 31.2 Å². The summed E-state index contributed by atoms with van der Waals surface area (Å²) in [5.41, 5.74) is 0. The van der Waals surface area contributed by atoms with Crippen LogP contribution >= 0.6 is 0 Å². The van der Waals surface area contributed by atoms with Crippen LogP contribution in [0.3, 0.4) is 0 Å². The summed E-state index contributed by atoms with van der Waals surface area (Å²) in [6.07, 6.45) is -0.846. The Labute approximate surface area is 142 Å². The van der Waals surface area contributed by atoms with Crippen LogP contribution in [0.5, 0.6) is 11.5 Å². The molecule has 0 radical (unpaired) electrons. The van der Waals surface area contributed by atoms with Crippen molar-refractivity contribution in [3.63, 3.8) is 0 Å². The van der Waals surface area contributed by atoms with Gasteiger partial charge in [0.25, 0.3) is 0 Å². The molecule has 0 unspecified atom stereocenters. The fourth-order valence-corrected chi connectivity index (χ4v) is 2.54. The topological polar surface area (TPSA) is 71.5 Å². The molecule has 7 nitrogen and oxygen atoms in total. The highest BCUT2D eigenvalue weighted by Crippen LogP contribution is 2.17. The zero-order valence-corrected chi connectivity index (χ0v) is 14.3. The maximum Gasteiger partial charge on any atom is 0.409 e. The van der Waals surface area contributed by atoms with Crippen LogP contribution in [0.2, 0.25) is 0 Å². The summed E-state index contributed by atoms with van der Waals surface area (Å²) in [5.74, 6) is 1.46. The molecular weight excluding hydrogens is 312 g/mol. The first-order valence-corrected chi connectivity index (χ1v) is 8.21. The zero-order valence-electron chi connectivity index (χ0n) is 14.3. The zero-order chi connectivity index (χ0) is 17.4. The highest BCUT2D eigenvalue weighted by molar-refractivity contribution is 5.67. The third-order valence-corrected chi connectivity index (χ3v) is 3.87. The van der Waals surface area contributed by atoms with E-state index in [1.54, 1.807) is 18.9 Å². The van der Waals surface area contributed by atoms with Gasteiger partial charge in [-0.3, -0.25) is 4.90 Å². The van der Waals surface area contributed by atoms with E-state index in [-0.39, 0.29) is 12.7 Å². The van der Waals surface area contributed by atoms with Gasteiger partial charge in [0.15, 0.2) is 0 Å². The standard InChI is InChI=1S/C17H26N2O5/c1-3-23-17(21)19-10-8-18(9-11-19)12-14(20)13-24-16-6-4-15(22-2)5-7-16/h4-7,14,20H,3,8-13H2,1-2H3/t14-/m1/s1. The van der Waals surface area contributed by atoms with Gasteiger partial charge in [0.1, 0.15) is 24.2 Å². The van der Waals surface area contributed by atoms with Crippen LogP contribution in [-0.2, 0) is 4.74 Å². The monoisotopic (exact) mass is 338 g/mol. The van der Waals surface area contributed by atoms with E-state index in [0.717, 1.165) is 18.8 Å². The van der Waals surface area contributed by atoms with E-state index in [1.165, 1.54) is 0 Å². The Morgan fingerprint density at radius 2 is 1.79 bits per heavy atom. The van der Waals surface area contributed by atoms with Crippen molar-refractivity contribution in [2.45, 2.75) is 13.0 Å². The fraction of sp³-hybridized carbons (Fsp3) is 0.588. The Hall–Kier alpha value is -1.99. The number of β-amino-alcohol motifs (C(OH)–C–C–N with tert-alkyl or cyclic N) is 1. The largest absolute Gasteiger partial charge is 0.497 e. The summed E-state index contributed by atoms with van der Waals surface area (Å²) in [6, 6.07) is 7.25. The Kier molecular flexibility index (Phi) is 7.14. The number of aliphatic hydroxyl groups excluding tert-OH is 1. The van der Waals surface area contributed by atoms with E-state index in [2.05, 4.69) is 4.90 Å². The Bertz CT molecular complexity index is 500. The van der Waals surface area contributed by atoms with Crippen molar-refractivity contribution in [1.82, 2.24) is 9.80 Å². The predicted octanol–water partition coefficient (Wildman–Crippen LogP) is 1.21. The molecule has 1 aromatic carbocycles. The minimum Gasteiger partial charge on any atom is -0.497 e. The van der Waals surface area contributed by atoms with E-state index >= 15 is 0 Å².